The number of carbonyl (C=O) groups is 1. The van der Waals surface area contributed by atoms with Gasteiger partial charge in [-0.15, -0.1) is 0 Å². The maximum Gasteiger partial charge on any atom is 0.315 e. The highest BCUT2D eigenvalue weighted by atomic mass is 16.3. The summed E-state index contributed by atoms with van der Waals surface area (Å²) >= 11 is 0. The van der Waals surface area contributed by atoms with Gasteiger partial charge in [0.05, 0.1) is 6.10 Å². The molecule has 0 aliphatic carbocycles. The van der Waals surface area contributed by atoms with Crippen molar-refractivity contribution in [1.29, 1.82) is 0 Å². The summed E-state index contributed by atoms with van der Waals surface area (Å²) in [4.78, 5) is 11.6. The van der Waals surface area contributed by atoms with Crippen LogP contribution >= 0.6 is 0 Å². The molecule has 2 atom stereocenters. The lowest BCUT2D eigenvalue weighted by Crippen LogP contribution is -2.46. The fourth-order valence-corrected chi connectivity index (χ4v) is 1.62. The van der Waals surface area contributed by atoms with Crippen LogP contribution in [0.4, 0.5) is 4.79 Å². The highest BCUT2D eigenvalue weighted by molar-refractivity contribution is 5.74. The molecule has 0 aromatic carbocycles. The Hall–Kier alpha value is -0.770. The number of rotatable bonds is 6. The predicted octanol–water partition coefficient (Wildman–Crippen LogP) is 2.13. The van der Waals surface area contributed by atoms with Crippen molar-refractivity contribution in [2.45, 2.75) is 60.1 Å². The molecule has 0 heterocycles. The van der Waals surface area contributed by atoms with Crippen LogP contribution < -0.4 is 10.6 Å². The minimum absolute atomic E-state index is 0.0907. The molecule has 17 heavy (non-hydrogen) atoms. The van der Waals surface area contributed by atoms with E-state index in [0.29, 0.717) is 18.9 Å². The number of urea groups is 1. The van der Waals surface area contributed by atoms with Crippen molar-refractivity contribution in [2.75, 3.05) is 6.54 Å². The van der Waals surface area contributed by atoms with Crippen molar-refractivity contribution in [3.8, 4) is 0 Å². The second-order valence-electron chi connectivity index (χ2n) is 6.08. The number of aliphatic hydroxyl groups excluding tert-OH is 1. The normalized spacial score (nSPS) is 15.5. The first-order valence-corrected chi connectivity index (χ1v) is 6.36. The Balaban J connectivity index is 3.99. The SMILES string of the molecule is CC(O)CC(C)(C)CNC(=O)NC(C)C(C)C. The predicted molar refractivity (Wildman–Crippen MR) is 70.9 cm³/mol. The fourth-order valence-electron chi connectivity index (χ4n) is 1.62. The summed E-state index contributed by atoms with van der Waals surface area (Å²) in [6, 6.07) is 0.0275. The first-order valence-electron chi connectivity index (χ1n) is 6.36. The molecule has 0 aliphatic heterocycles. The summed E-state index contributed by atoms with van der Waals surface area (Å²) in [6.45, 7) is 12.5. The number of amides is 2. The van der Waals surface area contributed by atoms with Gasteiger partial charge in [0.25, 0.3) is 0 Å². The smallest absolute Gasteiger partial charge is 0.315 e. The largest absolute Gasteiger partial charge is 0.393 e. The van der Waals surface area contributed by atoms with Gasteiger partial charge in [0, 0.05) is 12.6 Å². The van der Waals surface area contributed by atoms with Gasteiger partial charge in [0.1, 0.15) is 0 Å². The van der Waals surface area contributed by atoms with E-state index in [-0.39, 0.29) is 23.6 Å². The molecule has 102 valence electrons. The van der Waals surface area contributed by atoms with Crippen molar-refractivity contribution in [1.82, 2.24) is 10.6 Å². The highest BCUT2D eigenvalue weighted by Gasteiger charge is 2.21. The third-order valence-corrected chi connectivity index (χ3v) is 2.93. The Morgan fingerprint density at radius 2 is 1.76 bits per heavy atom. The molecule has 4 heteroatoms. The molecule has 0 bridgehead atoms. The Morgan fingerprint density at radius 1 is 1.24 bits per heavy atom. The Kier molecular flexibility index (Phi) is 6.53. The van der Waals surface area contributed by atoms with Crippen LogP contribution in [-0.4, -0.2) is 29.8 Å². The van der Waals surface area contributed by atoms with Crippen LogP contribution in [0, 0.1) is 11.3 Å². The van der Waals surface area contributed by atoms with Gasteiger partial charge in [-0.3, -0.25) is 0 Å². The molecule has 0 radical (unpaired) electrons. The van der Waals surface area contributed by atoms with E-state index in [1.165, 1.54) is 0 Å². The van der Waals surface area contributed by atoms with Crippen LogP contribution in [0.25, 0.3) is 0 Å². The van der Waals surface area contributed by atoms with Crippen molar-refractivity contribution in [3.05, 3.63) is 0 Å². The Morgan fingerprint density at radius 3 is 2.18 bits per heavy atom. The van der Waals surface area contributed by atoms with E-state index >= 15 is 0 Å². The van der Waals surface area contributed by atoms with Gasteiger partial charge in [-0.1, -0.05) is 27.7 Å². The van der Waals surface area contributed by atoms with Crippen LogP contribution in [0.2, 0.25) is 0 Å². The molecule has 0 saturated carbocycles. The van der Waals surface area contributed by atoms with Crippen LogP contribution in [0.15, 0.2) is 0 Å². The summed E-state index contributed by atoms with van der Waals surface area (Å²) in [6.07, 6.45) is 0.331. The van der Waals surface area contributed by atoms with Gasteiger partial charge in [0.2, 0.25) is 0 Å². The topological polar surface area (TPSA) is 61.4 Å². The average molecular weight is 244 g/mol. The zero-order chi connectivity index (χ0) is 13.6. The van der Waals surface area contributed by atoms with Crippen molar-refractivity contribution < 1.29 is 9.90 Å². The Labute approximate surface area is 105 Å². The lowest BCUT2D eigenvalue weighted by molar-refractivity contribution is 0.128. The van der Waals surface area contributed by atoms with E-state index < -0.39 is 0 Å². The number of nitrogens with one attached hydrogen (secondary N) is 2. The molecule has 0 aromatic rings. The molecule has 0 spiro atoms. The molecule has 0 fully saturated rings. The molecule has 3 N–H and O–H groups in total. The third-order valence-electron chi connectivity index (χ3n) is 2.93. The van der Waals surface area contributed by atoms with Crippen molar-refractivity contribution in [3.63, 3.8) is 0 Å². The number of hydrogen-bond acceptors (Lipinski definition) is 2. The van der Waals surface area contributed by atoms with Gasteiger partial charge in [-0.05, 0) is 31.6 Å². The van der Waals surface area contributed by atoms with Gasteiger partial charge in [0.15, 0.2) is 0 Å². The molecule has 2 amide bonds. The monoisotopic (exact) mass is 244 g/mol. The van der Waals surface area contributed by atoms with Crippen LogP contribution in [-0.2, 0) is 0 Å². The fraction of sp³-hybridized carbons (Fsp3) is 0.923. The summed E-state index contributed by atoms with van der Waals surface area (Å²) in [5, 5.41) is 15.1. The zero-order valence-electron chi connectivity index (χ0n) is 12.0. The quantitative estimate of drug-likeness (QED) is 0.670. The standard InChI is InChI=1S/C13H28N2O2/c1-9(2)11(4)15-12(17)14-8-13(5,6)7-10(3)16/h9-11,16H,7-8H2,1-6H3,(H2,14,15,17). The molecular formula is C13H28N2O2. The maximum atomic E-state index is 11.6. The summed E-state index contributed by atoms with van der Waals surface area (Å²) < 4.78 is 0. The van der Waals surface area contributed by atoms with E-state index in [1.807, 2.05) is 20.8 Å². The zero-order valence-corrected chi connectivity index (χ0v) is 12.0. The van der Waals surface area contributed by atoms with Gasteiger partial charge < -0.3 is 15.7 Å². The second kappa shape index (κ2) is 6.84. The summed E-state index contributed by atoms with van der Waals surface area (Å²) in [5.74, 6) is 0.422. The minimum Gasteiger partial charge on any atom is -0.393 e. The Bertz CT molecular complexity index is 238. The average Bonchev–Trinajstić information content (AvgIpc) is 2.12. The van der Waals surface area contributed by atoms with Gasteiger partial charge >= 0.3 is 6.03 Å². The number of carbonyl (C=O) groups excluding carboxylic acids is 1. The second-order valence-corrected chi connectivity index (χ2v) is 6.08. The maximum absolute atomic E-state index is 11.6. The number of hydrogen-bond donors (Lipinski definition) is 3. The van der Waals surface area contributed by atoms with E-state index in [4.69, 9.17) is 0 Å². The molecule has 0 aliphatic rings. The third kappa shape index (κ3) is 8.02. The molecule has 0 aromatic heterocycles. The van der Waals surface area contributed by atoms with E-state index in [2.05, 4.69) is 24.5 Å². The van der Waals surface area contributed by atoms with Crippen molar-refractivity contribution in [2.24, 2.45) is 11.3 Å². The van der Waals surface area contributed by atoms with E-state index in [0.717, 1.165) is 0 Å². The number of aliphatic hydroxyl groups is 1. The molecule has 0 saturated heterocycles. The molecular weight excluding hydrogens is 216 g/mol. The minimum atomic E-state index is -0.343. The lowest BCUT2D eigenvalue weighted by atomic mass is 9.87. The lowest BCUT2D eigenvalue weighted by Gasteiger charge is -2.27. The highest BCUT2D eigenvalue weighted by Crippen LogP contribution is 2.20. The molecule has 0 rings (SSSR count). The van der Waals surface area contributed by atoms with Crippen molar-refractivity contribution >= 4 is 6.03 Å². The summed E-state index contributed by atoms with van der Waals surface area (Å²) in [7, 11) is 0. The van der Waals surface area contributed by atoms with Crippen LogP contribution in [0.3, 0.4) is 0 Å². The van der Waals surface area contributed by atoms with E-state index in [1.54, 1.807) is 6.92 Å². The first kappa shape index (κ1) is 16.2. The summed E-state index contributed by atoms with van der Waals surface area (Å²) in [5.41, 5.74) is -0.0907. The first-order chi connectivity index (χ1) is 7.64. The van der Waals surface area contributed by atoms with Crippen LogP contribution in [0.5, 0.6) is 0 Å². The molecule has 2 unspecified atom stereocenters. The van der Waals surface area contributed by atoms with E-state index in [9.17, 15) is 9.90 Å². The molecule has 4 nitrogen and oxygen atoms in total. The van der Waals surface area contributed by atoms with Gasteiger partial charge in [-0.2, -0.15) is 0 Å². The van der Waals surface area contributed by atoms with Gasteiger partial charge in [-0.25, -0.2) is 4.79 Å². The van der Waals surface area contributed by atoms with Crippen LogP contribution in [0.1, 0.15) is 48.0 Å².